The van der Waals surface area contributed by atoms with Crippen molar-refractivity contribution in [2.24, 2.45) is 0 Å². The van der Waals surface area contributed by atoms with Crippen LogP contribution in [0.1, 0.15) is 37.3 Å². The lowest BCUT2D eigenvalue weighted by Crippen LogP contribution is -2.09. The van der Waals surface area contributed by atoms with E-state index in [4.69, 9.17) is 6.42 Å². The van der Waals surface area contributed by atoms with Gasteiger partial charge in [-0.1, -0.05) is 37.8 Å². The predicted octanol–water partition coefficient (Wildman–Crippen LogP) is 2.76. The number of unbranched alkanes of at least 4 members (excludes halogenated alkanes) is 1. The van der Waals surface area contributed by atoms with E-state index >= 15 is 0 Å². The Bertz CT molecular complexity index is 318. The van der Waals surface area contributed by atoms with Crippen molar-refractivity contribution in [3.8, 4) is 12.3 Å². The molecule has 0 saturated carbocycles. The smallest absolute Gasteiger partial charge is 0.0580 e. The lowest BCUT2D eigenvalue weighted by atomic mass is 10.0. The Labute approximate surface area is 92.1 Å². The Morgan fingerprint density at radius 1 is 1.33 bits per heavy atom. The molecule has 1 nitrogen and oxygen atoms in total. The number of hydrogen-bond acceptors (Lipinski definition) is 1. The molecule has 0 aliphatic rings. The third-order valence-corrected chi connectivity index (χ3v) is 2.48. The lowest BCUT2D eigenvalue weighted by molar-refractivity contribution is 0.162. The first-order valence-electron chi connectivity index (χ1n) is 5.50. The van der Waals surface area contributed by atoms with Crippen molar-refractivity contribution < 1.29 is 5.11 Å². The summed E-state index contributed by atoms with van der Waals surface area (Å²) in [6, 6.07) is 7.82. The highest BCUT2D eigenvalue weighted by Crippen LogP contribution is 2.09. The zero-order valence-electron chi connectivity index (χ0n) is 9.24. The maximum atomic E-state index is 9.72. The zero-order valence-corrected chi connectivity index (χ0v) is 9.24. The Hall–Kier alpha value is -1.26. The number of terminal acetylenes is 1. The molecule has 1 rings (SSSR count). The summed E-state index contributed by atoms with van der Waals surface area (Å²) < 4.78 is 0. The van der Waals surface area contributed by atoms with Crippen LogP contribution in [0.15, 0.2) is 24.3 Å². The molecule has 1 aromatic carbocycles. The third kappa shape index (κ3) is 4.18. The molecular formula is C14H18O. The van der Waals surface area contributed by atoms with E-state index in [9.17, 15) is 5.11 Å². The first-order valence-corrected chi connectivity index (χ1v) is 5.50. The van der Waals surface area contributed by atoms with Crippen LogP contribution in [0.25, 0.3) is 0 Å². The van der Waals surface area contributed by atoms with Crippen molar-refractivity contribution >= 4 is 0 Å². The van der Waals surface area contributed by atoms with Gasteiger partial charge >= 0.3 is 0 Å². The van der Waals surface area contributed by atoms with Crippen LogP contribution >= 0.6 is 0 Å². The standard InChI is InChI=1S/C14H18O/c1-3-5-6-14(15)11-13-9-7-12(4-2)8-10-13/h2,7-10,14-15H,3,5-6,11H2,1H3/t14-/m0/s1. The van der Waals surface area contributed by atoms with Crippen LogP contribution in [0.3, 0.4) is 0 Å². The summed E-state index contributed by atoms with van der Waals surface area (Å²) in [7, 11) is 0. The van der Waals surface area contributed by atoms with E-state index < -0.39 is 0 Å². The largest absolute Gasteiger partial charge is 0.393 e. The van der Waals surface area contributed by atoms with Gasteiger partial charge in [0.1, 0.15) is 0 Å². The van der Waals surface area contributed by atoms with E-state index in [-0.39, 0.29) is 6.10 Å². The van der Waals surface area contributed by atoms with Crippen molar-refractivity contribution in [1.29, 1.82) is 0 Å². The van der Waals surface area contributed by atoms with Gasteiger partial charge in [0.15, 0.2) is 0 Å². The van der Waals surface area contributed by atoms with Gasteiger partial charge < -0.3 is 5.11 Å². The number of hydrogen-bond donors (Lipinski definition) is 1. The molecule has 0 aliphatic carbocycles. The Morgan fingerprint density at radius 2 is 2.00 bits per heavy atom. The average Bonchev–Trinajstić information content (AvgIpc) is 2.27. The topological polar surface area (TPSA) is 20.2 Å². The number of aliphatic hydroxyl groups excluding tert-OH is 1. The molecule has 0 aromatic heterocycles. The van der Waals surface area contributed by atoms with Gasteiger partial charge in [-0.05, 0) is 30.5 Å². The molecule has 0 spiro atoms. The van der Waals surface area contributed by atoms with Gasteiger partial charge in [-0.25, -0.2) is 0 Å². The second kappa shape index (κ2) is 6.27. The monoisotopic (exact) mass is 202 g/mol. The number of rotatable bonds is 5. The zero-order chi connectivity index (χ0) is 11.1. The molecule has 1 aromatic rings. The molecule has 15 heavy (non-hydrogen) atoms. The summed E-state index contributed by atoms with van der Waals surface area (Å²) in [4.78, 5) is 0. The van der Waals surface area contributed by atoms with E-state index in [1.807, 2.05) is 24.3 Å². The van der Waals surface area contributed by atoms with Crippen molar-refractivity contribution in [2.45, 2.75) is 38.7 Å². The Kier molecular flexibility index (Phi) is 4.93. The minimum atomic E-state index is -0.221. The van der Waals surface area contributed by atoms with E-state index in [0.717, 1.165) is 36.8 Å². The average molecular weight is 202 g/mol. The van der Waals surface area contributed by atoms with E-state index in [0.29, 0.717) is 0 Å². The van der Waals surface area contributed by atoms with Crippen LogP contribution in [0.2, 0.25) is 0 Å². The highest BCUT2D eigenvalue weighted by molar-refractivity contribution is 5.34. The maximum absolute atomic E-state index is 9.72. The summed E-state index contributed by atoms with van der Waals surface area (Å²) >= 11 is 0. The van der Waals surface area contributed by atoms with Crippen LogP contribution < -0.4 is 0 Å². The Morgan fingerprint density at radius 3 is 2.53 bits per heavy atom. The number of aliphatic hydroxyl groups is 1. The van der Waals surface area contributed by atoms with Crippen molar-refractivity contribution in [2.75, 3.05) is 0 Å². The minimum absolute atomic E-state index is 0.221. The summed E-state index contributed by atoms with van der Waals surface area (Å²) in [6.07, 6.45) is 8.88. The van der Waals surface area contributed by atoms with Gasteiger partial charge in [0.25, 0.3) is 0 Å². The molecule has 0 heterocycles. The fourth-order valence-electron chi connectivity index (χ4n) is 1.55. The fourth-order valence-corrected chi connectivity index (χ4v) is 1.55. The second-order valence-electron chi connectivity index (χ2n) is 3.84. The normalized spacial score (nSPS) is 12.1. The van der Waals surface area contributed by atoms with Crippen molar-refractivity contribution in [3.05, 3.63) is 35.4 Å². The predicted molar refractivity (Wildman–Crippen MR) is 63.6 cm³/mol. The van der Waals surface area contributed by atoms with Crippen LogP contribution in [-0.4, -0.2) is 11.2 Å². The molecule has 80 valence electrons. The highest BCUT2D eigenvalue weighted by Gasteiger charge is 2.04. The van der Waals surface area contributed by atoms with Gasteiger partial charge in [0.05, 0.1) is 6.10 Å². The van der Waals surface area contributed by atoms with Gasteiger partial charge in [-0.2, -0.15) is 0 Å². The summed E-state index contributed by atoms with van der Waals surface area (Å²) in [5.74, 6) is 2.58. The molecule has 1 atom stereocenters. The molecule has 0 fully saturated rings. The van der Waals surface area contributed by atoms with E-state index in [1.165, 1.54) is 0 Å². The van der Waals surface area contributed by atoms with Gasteiger partial charge in [-0.3, -0.25) is 0 Å². The lowest BCUT2D eigenvalue weighted by Gasteiger charge is -2.09. The maximum Gasteiger partial charge on any atom is 0.0580 e. The highest BCUT2D eigenvalue weighted by atomic mass is 16.3. The summed E-state index contributed by atoms with van der Waals surface area (Å²) in [5, 5.41) is 9.72. The van der Waals surface area contributed by atoms with Gasteiger partial charge in [0.2, 0.25) is 0 Å². The fraction of sp³-hybridized carbons (Fsp3) is 0.429. The SMILES string of the molecule is C#Cc1ccc(C[C@@H](O)CCCC)cc1. The van der Waals surface area contributed by atoms with E-state index in [1.54, 1.807) is 0 Å². The van der Waals surface area contributed by atoms with Gasteiger partial charge in [0, 0.05) is 5.56 Å². The third-order valence-electron chi connectivity index (χ3n) is 2.48. The molecule has 1 N–H and O–H groups in total. The summed E-state index contributed by atoms with van der Waals surface area (Å²) in [5.41, 5.74) is 2.04. The van der Waals surface area contributed by atoms with E-state index in [2.05, 4.69) is 12.8 Å². The number of benzene rings is 1. The first kappa shape index (κ1) is 11.8. The van der Waals surface area contributed by atoms with Crippen LogP contribution in [0, 0.1) is 12.3 Å². The molecule has 0 amide bonds. The molecular weight excluding hydrogens is 184 g/mol. The molecule has 0 bridgehead atoms. The molecule has 1 heteroatoms. The van der Waals surface area contributed by atoms with Crippen LogP contribution in [-0.2, 0) is 6.42 Å². The molecule has 0 unspecified atom stereocenters. The van der Waals surface area contributed by atoms with Gasteiger partial charge in [-0.15, -0.1) is 6.42 Å². The van der Waals surface area contributed by atoms with Crippen molar-refractivity contribution in [1.82, 2.24) is 0 Å². The quantitative estimate of drug-likeness (QED) is 0.728. The van der Waals surface area contributed by atoms with Crippen molar-refractivity contribution in [3.63, 3.8) is 0 Å². The first-order chi connectivity index (χ1) is 7.26. The summed E-state index contributed by atoms with van der Waals surface area (Å²) in [6.45, 7) is 2.13. The van der Waals surface area contributed by atoms with Crippen LogP contribution in [0.5, 0.6) is 0 Å². The molecule has 0 radical (unpaired) electrons. The second-order valence-corrected chi connectivity index (χ2v) is 3.84. The Balaban J connectivity index is 2.47. The minimum Gasteiger partial charge on any atom is -0.393 e. The van der Waals surface area contributed by atoms with Crippen LogP contribution in [0.4, 0.5) is 0 Å². The molecule has 0 aliphatic heterocycles. The molecule has 0 saturated heterocycles.